The van der Waals surface area contributed by atoms with Crippen LogP contribution in [0.3, 0.4) is 0 Å². The van der Waals surface area contributed by atoms with Crippen LogP contribution in [0.15, 0.2) is 67.0 Å². The van der Waals surface area contributed by atoms with Crippen LogP contribution in [0.25, 0.3) is 0 Å². The van der Waals surface area contributed by atoms with Crippen LogP contribution in [0.1, 0.15) is 24.2 Å². The number of nitrogens with one attached hydrogen (secondary N) is 1. The molecule has 0 aliphatic carbocycles. The van der Waals surface area contributed by atoms with Gasteiger partial charge in [-0.2, -0.15) is 0 Å². The summed E-state index contributed by atoms with van der Waals surface area (Å²) in [7, 11) is 0. The highest BCUT2D eigenvalue weighted by Gasteiger charge is 2.12. The first-order valence-electron chi connectivity index (χ1n) is 8.90. The van der Waals surface area contributed by atoms with Crippen molar-refractivity contribution in [3.05, 3.63) is 72.6 Å². The van der Waals surface area contributed by atoms with Gasteiger partial charge in [0.05, 0.1) is 12.2 Å². The van der Waals surface area contributed by atoms with Crippen LogP contribution in [-0.4, -0.2) is 29.0 Å². The number of anilines is 3. The molecule has 3 rings (SSSR count). The molecule has 1 amide bonds. The minimum Gasteiger partial charge on any atom is -0.494 e. The van der Waals surface area contributed by atoms with E-state index in [0.29, 0.717) is 23.8 Å². The van der Waals surface area contributed by atoms with Crippen LogP contribution in [0, 0.1) is 0 Å². The van der Waals surface area contributed by atoms with Gasteiger partial charge in [-0.15, -0.1) is 0 Å². The molecule has 6 heteroatoms. The summed E-state index contributed by atoms with van der Waals surface area (Å²) in [4.78, 5) is 23.1. The maximum absolute atomic E-state index is 12.4. The molecule has 0 radical (unpaired) electrons. The second kappa shape index (κ2) is 8.80. The topological polar surface area (TPSA) is 67.3 Å². The third kappa shape index (κ3) is 4.61. The summed E-state index contributed by atoms with van der Waals surface area (Å²) in [6, 6.07) is 17.1. The average molecular weight is 362 g/mol. The molecule has 0 aliphatic rings. The summed E-state index contributed by atoms with van der Waals surface area (Å²) in [6.45, 7) is 5.29. The van der Waals surface area contributed by atoms with Crippen LogP contribution in [-0.2, 0) is 0 Å². The van der Waals surface area contributed by atoms with Gasteiger partial charge in [-0.3, -0.25) is 4.79 Å². The summed E-state index contributed by atoms with van der Waals surface area (Å²) in [5.41, 5.74) is 2.09. The van der Waals surface area contributed by atoms with Crippen molar-refractivity contribution in [3.8, 4) is 5.75 Å². The summed E-state index contributed by atoms with van der Waals surface area (Å²) in [6.07, 6.45) is 3.08. The second-order valence-electron chi connectivity index (χ2n) is 5.76. The van der Waals surface area contributed by atoms with E-state index in [1.165, 1.54) is 12.4 Å². The number of para-hydroxylation sites is 1. The average Bonchev–Trinajstić information content (AvgIpc) is 2.71. The molecule has 0 bridgehead atoms. The Morgan fingerprint density at radius 2 is 1.67 bits per heavy atom. The molecule has 0 unspecified atom stereocenters. The Balaban J connectivity index is 1.69. The highest BCUT2D eigenvalue weighted by atomic mass is 16.5. The largest absolute Gasteiger partial charge is 0.494 e. The van der Waals surface area contributed by atoms with Crippen LogP contribution in [0.4, 0.5) is 17.3 Å². The Hall–Kier alpha value is -3.41. The van der Waals surface area contributed by atoms with E-state index in [1.54, 1.807) is 12.1 Å². The zero-order valence-electron chi connectivity index (χ0n) is 15.4. The van der Waals surface area contributed by atoms with Crippen molar-refractivity contribution in [2.24, 2.45) is 0 Å². The van der Waals surface area contributed by atoms with Gasteiger partial charge in [-0.05, 0) is 50.2 Å². The number of benzene rings is 2. The Kier molecular flexibility index (Phi) is 5.99. The lowest BCUT2D eigenvalue weighted by Crippen LogP contribution is -2.20. The zero-order chi connectivity index (χ0) is 19.1. The molecule has 1 heterocycles. The fourth-order valence-corrected chi connectivity index (χ4v) is 2.63. The van der Waals surface area contributed by atoms with E-state index < -0.39 is 0 Å². The Bertz CT molecular complexity index is 865. The quantitative estimate of drug-likeness (QED) is 0.679. The molecule has 0 spiro atoms. The molecular weight excluding hydrogens is 340 g/mol. The smallest absolute Gasteiger partial charge is 0.258 e. The number of carbonyl (C=O) groups excluding carboxylic acids is 1. The third-order valence-electron chi connectivity index (χ3n) is 3.95. The highest BCUT2D eigenvalue weighted by Crippen LogP contribution is 2.21. The molecule has 0 aliphatic heterocycles. The van der Waals surface area contributed by atoms with Crippen molar-refractivity contribution < 1.29 is 9.53 Å². The Morgan fingerprint density at radius 3 is 2.26 bits per heavy atom. The Morgan fingerprint density at radius 1 is 1.00 bits per heavy atom. The fourth-order valence-electron chi connectivity index (χ4n) is 2.63. The van der Waals surface area contributed by atoms with Crippen molar-refractivity contribution in [2.75, 3.05) is 23.4 Å². The first-order valence-corrected chi connectivity index (χ1v) is 8.90. The molecule has 6 nitrogen and oxygen atoms in total. The van der Waals surface area contributed by atoms with Gasteiger partial charge in [-0.1, -0.05) is 18.2 Å². The van der Waals surface area contributed by atoms with Crippen LogP contribution in [0.2, 0.25) is 0 Å². The molecule has 1 aromatic heterocycles. The van der Waals surface area contributed by atoms with Gasteiger partial charge in [-0.25, -0.2) is 9.97 Å². The molecule has 0 atom stereocenters. The van der Waals surface area contributed by atoms with Gasteiger partial charge in [0.15, 0.2) is 0 Å². The number of aromatic nitrogens is 2. The molecule has 27 heavy (non-hydrogen) atoms. The molecular formula is C21H22N4O2. The van der Waals surface area contributed by atoms with Gasteiger partial charge >= 0.3 is 0 Å². The van der Waals surface area contributed by atoms with E-state index in [2.05, 4.69) is 15.3 Å². The normalized spacial score (nSPS) is 10.3. The Labute approximate surface area is 158 Å². The minimum absolute atomic E-state index is 0.256. The van der Waals surface area contributed by atoms with Gasteiger partial charge in [0.1, 0.15) is 5.75 Å². The molecule has 0 saturated carbocycles. The van der Waals surface area contributed by atoms with E-state index in [4.69, 9.17) is 4.74 Å². The van der Waals surface area contributed by atoms with E-state index in [0.717, 1.165) is 18.0 Å². The number of hydrogen-bond donors (Lipinski definition) is 1. The summed E-state index contributed by atoms with van der Waals surface area (Å²) >= 11 is 0. The molecule has 2 aromatic carbocycles. The standard InChI is InChI=1S/C21H22N4O2/c1-3-25(18-8-6-5-7-9-18)21-22-14-16(15-23-21)20(26)24-17-10-12-19(13-11-17)27-4-2/h5-15H,3-4H2,1-2H3,(H,24,26). The van der Waals surface area contributed by atoms with E-state index in [1.807, 2.05) is 61.2 Å². The summed E-state index contributed by atoms with van der Waals surface area (Å²) < 4.78 is 5.40. The van der Waals surface area contributed by atoms with Gasteiger partial charge in [0.25, 0.3) is 5.91 Å². The molecule has 3 aromatic rings. The SMILES string of the molecule is CCOc1ccc(NC(=O)c2cnc(N(CC)c3ccccc3)nc2)cc1. The van der Waals surface area contributed by atoms with Crippen LogP contribution < -0.4 is 15.0 Å². The first kappa shape index (κ1) is 18.4. The number of hydrogen-bond acceptors (Lipinski definition) is 5. The second-order valence-corrected chi connectivity index (χ2v) is 5.76. The number of rotatable bonds is 7. The van der Waals surface area contributed by atoms with E-state index >= 15 is 0 Å². The van der Waals surface area contributed by atoms with E-state index in [-0.39, 0.29) is 5.91 Å². The number of amides is 1. The van der Waals surface area contributed by atoms with Gasteiger partial charge in [0.2, 0.25) is 5.95 Å². The first-order chi connectivity index (χ1) is 13.2. The number of carbonyl (C=O) groups is 1. The minimum atomic E-state index is -0.256. The maximum atomic E-state index is 12.4. The number of nitrogens with zero attached hydrogens (tertiary/aromatic N) is 3. The van der Waals surface area contributed by atoms with E-state index in [9.17, 15) is 4.79 Å². The predicted octanol–water partition coefficient (Wildman–Crippen LogP) is 4.29. The molecule has 1 N–H and O–H groups in total. The van der Waals surface area contributed by atoms with Crippen molar-refractivity contribution >= 4 is 23.2 Å². The lowest BCUT2D eigenvalue weighted by atomic mass is 10.2. The highest BCUT2D eigenvalue weighted by molar-refractivity contribution is 6.03. The maximum Gasteiger partial charge on any atom is 0.258 e. The van der Waals surface area contributed by atoms with Gasteiger partial charge in [0, 0.05) is 30.3 Å². The monoisotopic (exact) mass is 362 g/mol. The summed E-state index contributed by atoms with van der Waals surface area (Å²) in [5, 5.41) is 2.83. The lowest BCUT2D eigenvalue weighted by Gasteiger charge is -2.20. The molecule has 0 fully saturated rings. The van der Waals surface area contributed by atoms with Crippen molar-refractivity contribution in [1.82, 2.24) is 9.97 Å². The van der Waals surface area contributed by atoms with Crippen molar-refractivity contribution in [3.63, 3.8) is 0 Å². The van der Waals surface area contributed by atoms with Crippen LogP contribution in [0.5, 0.6) is 5.75 Å². The fraction of sp³-hybridized carbons (Fsp3) is 0.190. The molecule has 0 saturated heterocycles. The third-order valence-corrected chi connectivity index (χ3v) is 3.95. The van der Waals surface area contributed by atoms with Gasteiger partial charge < -0.3 is 15.0 Å². The predicted molar refractivity (Wildman–Crippen MR) is 107 cm³/mol. The summed E-state index contributed by atoms with van der Waals surface area (Å²) in [5.74, 6) is 1.07. The van der Waals surface area contributed by atoms with Crippen LogP contribution >= 0.6 is 0 Å². The molecule has 138 valence electrons. The van der Waals surface area contributed by atoms with Crippen molar-refractivity contribution in [1.29, 1.82) is 0 Å². The van der Waals surface area contributed by atoms with Crippen molar-refractivity contribution in [2.45, 2.75) is 13.8 Å². The number of ether oxygens (including phenoxy) is 1. The zero-order valence-corrected chi connectivity index (χ0v) is 15.4. The lowest BCUT2D eigenvalue weighted by molar-refractivity contribution is 0.102.